The monoisotopic (exact) mass is 251 g/mol. The van der Waals surface area contributed by atoms with Gasteiger partial charge in [-0.05, 0) is 62.3 Å². The van der Waals surface area contributed by atoms with Gasteiger partial charge in [0, 0.05) is 6.04 Å². The van der Waals surface area contributed by atoms with E-state index < -0.39 is 0 Å². The fraction of sp³-hybridized carbons (Fsp3) is 1.00. The molecule has 0 radical (unpaired) electrons. The second-order valence-corrected chi connectivity index (χ2v) is 7.82. The zero-order valence-electron chi connectivity index (χ0n) is 12.8. The lowest BCUT2D eigenvalue weighted by atomic mass is 9.75. The van der Waals surface area contributed by atoms with Crippen LogP contribution in [0.1, 0.15) is 78.6 Å². The summed E-state index contributed by atoms with van der Waals surface area (Å²) in [6, 6.07) is 0.819. The van der Waals surface area contributed by atoms with Gasteiger partial charge in [-0.15, -0.1) is 0 Å². The van der Waals surface area contributed by atoms with Gasteiger partial charge in [-0.2, -0.15) is 0 Å². The Balaban J connectivity index is 1.58. The van der Waals surface area contributed by atoms with Gasteiger partial charge in [-0.1, -0.05) is 40.0 Å². The van der Waals surface area contributed by atoms with Crippen molar-refractivity contribution in [1.82, 2.24) is 5.32 Å². The summed E-state index contributed by atoms with van der Waals surface area (Å²) >= 11 is 0. The number of nitrogens with one attached hydrogen (secondary N) is 1. The van der Waals surface area contributed by atoms with Crippen molar-refractivity contribution in [3.8, 4) is 0 Å². The summed E-state index contributed by atoms with van der Waals surface area (Å²) in [5, 5.41) is 3.82. The number of hydrogen-bond donors (Lipinski definition) is 1. The maximum absolute atomic E-state index is 3.82. The predicted octanol–water partition coefficient (Wildman–Crippen LogP) is 4.76. The van der Waals surface area contributed by atoms with Gasteiger partial charge in [0.1, 0.15) is 0 Å². The largest absolute Gasteiger partial charge is 0.314 e. The zero-order chi connectivity index (χ0) is 13.0. The molecular formula is C17H33N. The molecule has 2 aliphatic rings. The highest BCUT2D eigenvalue weighted by Gasteiger charge is 2.26. The van der Waals surface area contributed by atoms with Crippen LogP contribution in [0.5, 0.6) is 0 Å². The zero-order valence-corrected chi connectivity index (χ0v) is 12.8. The number of rotatable bonds is 4. The van der Waals surface area contributed by atoms with Crippen molar-refractivity contribution < 1.29 is 0 Å². The quantitative estimate of drug-likeness (QED) is 0.759. The van der Waals surface area contributed by atoms with Crippen LogP contribution >= 0.6 is 0 Å². The minimum Gasteiger partial charge on any atom is -0.314 e. The minimum atomic E-state index is 0.608. The van der Waals surface area contributed by atoms with Crippen molar-refractivity contribution in [2.24, 2.45) is 17.3 Å². The molecule has 2 saturated carbocycles. The van der Waals surface area contributed by atoms with E-state index in [-0.39, 0.29) is 0 Å². The van der Waals surface area contributed by atoms with Gasteiger partial charge in [0.05, 0.1) is 0 Å². The first-order valence-corrected chi connectivity index (χ1v) is 8.28. The van der Waals surface area contributed by atoms with Gasteiger partial charge in [-0.25, -0.2) is 0 Å². The van der Waals surface area contributed by atoms with Gasteiger partial charge >= 0.3 is 0 Å². The highest BCUT2D eigenvalue weighted by molar-refractivity contribution is 4.82. The fourth-order valence-corrected chi connectivity index (χ4v) is 3.92. The van der Waals surface area contributed by atoms with Crippen LogP contribution in [0, 0.1) is 17.3 Å². The Hall–Kier alpha value is -0.0400. The molecule has 106 valence electrons. The van der Waals surface area contributed by atoms with Crippen LogP contribution in [-0.4, -0.2) is 12.6 Å². The summed E-state index contributed by atoms with van der Waals surface area (Å²) in [6.07, 6.45) is 13.0. The molecule has 2 atom stereocenters. The first-order valence-electron chi connectivity index (χ1n) is 8.28. The molecule has 0 aromatic heterocycles. The van der Waals surface area contributed by atoms with Crippen LogP contribution in [0.15, 0.2) is 0 Å². The van der Waals surface area contributed by atoms with Crippen molar-refractivity contribution in [2.75, 3.05) is 6.54 Å². The summed E-state index contributed by atoms with van der Waals surface area (Å²) in [7, 11) is 0. The summed E-state index contributed by atoms with van der Waals surface area (Å²) in [4.78, 5) is 0. The summed E-state index contributed by atoms with van der Waals surface area (Å²) in [6.45, 7) is 8.55. The summed E-state index contributed by atoms with van der Waals surface area (Å²) in [5.74, 6) is 2.00. The second kappa shape index (κ2) is 6.41. The molecule has 0 spiro atoms. The Kier molecular flexibility index (Phi) is 5.12. The van der Waals surface area contributed by atoms with E-state index in [9.17, 15) is 0 Å². The Labute approximate surface area is 114 Å². The Morgan fingerprint density at radius 2 is 1.78 bits per heavy atom. The van der Waals surface area contributed by atoms with E-state index >= 15 is 0 Å². The molecule has 1 heteroatoms. The van der Waals surface area contributed by atoms with Gasteiger partial charge in [0.25, 0.3) is 0 Å². The molecule has 2 fully saturated rings. The van der Waals surface area contributed by atoms with E-state index in [2.05, 4.69) is 26.1 Å². The minimum absolute atomic E-state index is 0.608. The van der Waals surface area contributed by atoms with Crippen molar-refractivity contribution in [3.63, 3.8) is 0 Å². The molecule has 2 unspecified atom stereocenters. The Morgan fingerprint density at radius 1 is 1.06 bits per heavy atom. The van der Waals surface area contributed by atoms with Crippen LogP contribution in [0.3, 0.4) is 0 Å². The van der Waals surface area contributed by atoms with Crippen molar-refractivity contribution in [1.29, 1.82) is 0 Å². The van der Waals surface area contributed by atoms with E-state index in [4.69, 9.17) is 0 Å². The molecule has 2 aliphatic carbocycles. The highest BCUT2D eigenvalue weighted by Crippen LogP contribution is 2.35. The van der Waals surface area contributed by atoms with Crippen LogP contribution in [-0.2, 0) is 0 Å². The van der Waals surface area contributed by atoms with Gasteiger partial charge in [0.15, 0.2) is 0 Å². The molecule has 1 N–H and O–H groups in total. The maximum atomic E-state index is 3.82. The van der Waals surface area contributed by atoms with Crippen molar-refractivity contribution >= 4 is 0 Å². The van der Waals surface area contributed by atoms with E-state index in [1.165, 1.54) is 64.3 Å². The molecule has 0 aromatic rings. The first-order chi connectivity index (χ1) is 8.55. The number of hydrogen-bond acceptors (Lipinski definition) is 1. The van der Waals surface area contributed by atoms with Gasteiger partial charge < -0.3 is 5.32 Å². The van der Waals surface area contributed by atoms with E-state index in [1.807, 2.05) is 0 Å². The van der Waals surface area contributed by atoms with Gasteiger partial charge in [0.2, 0.25) is 0 Å². The van der Waals surface area contributed by atoms with Gasteiger partial charge in [-0.3, -0.25) is 0 Å². The molecule has 0 aliphatic heterocycles. The van der Waals surface area contributed by atoms with Crippen LogP contribution in [0.2, 0.25) is 0 Å². The summed E-state index contributed by atoms with van der Waals surface area (Å²) in [5.41, 5.74) is 0.608. The third-order valence-corrected chi connectivity index (χ3v) is 5.37. The maximum Gasteiger partial charge on any atom is 0.00674 e. The Bertz CT molecular complexity index is 236. The van der Waals surface area contributed by atoms with Crippen molar-refractivity contribution in [3.05, 3.63) is 0 Å². The normalized spacial score (nSPS) is 33.5. The third kappa shape index (κ3) is 4.57. The van der Waals surface area contributed by atoms with E-state index in [0.29, 0.717) is 5.41 Å². The lowest BCUT2D eigenvalue weighted by Crippen LogP contribution is -2.36. The van der Waals surface area contributed by atoms with Crippen LogP contribution < -0.4 is 5.32 Å². The first kappa shape index (κ1) is 14.4. The Morgan fingerprint density at radius 3 is 2.44 bits per heavy atom. The molecule has 0 heterocycles. The smallest absolute Gasteiger partial charge is 0.00674 e. The molecule has 0 amide bonds. The molecule has 0 aromatic carbocycles. The van der Waals surface area contributed by atoms with E-state index in [1.54, 1.807) is 0 Å². The van der Waals surface area contributed by atoms with Crippen LogP contribution in [0.25, 0.3) is 0 Å². The van der Waals surface area contributed by atoms with E-state index in [0.717, 1.165) is 17.9 Å². The molecule has 0 bridgehead atoms. The SMILES string of the molecule is CC1CCCC(CCNC2CCC(C)(C)CC2)C1. The summed E-state index contributed by atoms with van der Waals surface area (Å²) < 4.78 is 0. The molecule has 2 rings (SSSR count). The predicted molar refractivity (Wildman–Crippen MR) is 79.8 cm³/mol. The molecule has 18 heavy (non-hydrogen) atoms. The highest BCUT2D eigenvalue weighted by atomic mass is 14.9. The van der Waals surface area contributed by atoms with Crippen LogP contribution in [0.4, 0.5) is 0 Å². The second-order valence-electron chi connectivity index (χ2n) is 7.82. The van der Waals surface area contributed by atoms with Crippen molar-refractivity contribution in [2.45, 2.75) is 84.6 Å². The average molecular weight is 251 g/mol. The topological polar surface area (TPSA) is 12.0 Å². The third-order valence-electron chi connectivity index (χ3n) is 5.37. The standard InChI is InChI=1S/C17H33N/c1-14-5-4-6-15(13-14)9-12-18-16-7-10-17(2,3)11-8-16/h14-16,18H,4-13H2,1-3H3. The molecule has 1 nitrogen and oxygen atoms in total. The lowest BCUT2D eigenvalue weighted by molar-refractivity contribution is 0.201. The molecule has 0 saturated heterocycles. The lowest BCUT2D eigenvalue weighted by Gasteiger charge is -2.35. The molecular weight excluding hydrogens is 218 g/mol. The average Bonchev–Trinajstić information content (AvgIpc) is 2.31. The fourth-order valence-electron chi connectivity index (χ4n) is 3.92.